The zero-order valence-corrected chi connectivity index (χ0v) is 13.1. The topological polar surface area (TPSA) is 59.6 Å². The molecule has 1 aromatic rings. The van der Waals surface area contributed by atoms with E-state index in [1.165, 1.54) is 11.1 Å². The Balaban J connectivity index is 2.29. The molecule has 4 nitrogen and oxygen atoms in total. The van der Waals surface area contributed by atoms with Crippen molar-refractivity contribution in [2.75, 3.05) is 25.1 Å². The number of nitrogens with one attached hydrogen (secondary N) is 1. The summed E-state index contributed by atoms with van der Waals surface area (Å²) in [6.07, 6.45) is 0.891. The lowest BCUT2D eigenvalue weighted by atomic mass is 10.1. The van der Waals surface area contributed by atoms with E-state index in [1.807, 2.05) is 6.07 Å². The molecule has 1 rings (SSSR count). The number of anilines is 1. The van der Waals surface area contributed by atoms with Gasteiger partial charge in [0.1, 0.15) is 0 Å². The summed E-state index contributed by atoms with van der Waals surface area (Å²) in [7, 11) is 0. The van der Waals surface area contributed by atoms with Crippen LogP contribution in [0.25, 0.3) is 0 Å². The molecular weight excluding hydrogens is 250 g/mol. The summed E-state index contributed by atoms with van der Waals surface area (Å²) >= 11 is 0. The van der Waals surface area contributed by atoms with Gasteiger partial charge in [0.05, 0.1) is 0 Å². The number of benzene rings is 1. The predicted molar refractivity (Wildman–Crippen MR) is 86.3 cm³/mol. The molecule has 112 valence electrons. The quantitative estimate of drug-likeness (QED) is 0.457. The molecule has 0 radical (unpaired) electrons. The number of aliphatic imine (C=N–C) groups is 1. The lowest BCUT2D eigenvalue weighted by Crippen LogP contribution is -2.23. The highest BCUT2D eigenvalue weighted by molar-refractivity contribution is 5.92. The molecule has 0 saturated carbocycles. The second-order valence-corrected chi connectivity index (χ2v) is 5.51. The summed E-state index contributed by atoms with van der Waals surface area (Å²) in [4.78, 5) is 4.29. The molecule has 0 spiro atoms. The minimum absolute atomic E-state index is 0.456. The standard InChI is InChI=1S/C16H27N3O/c1-12(2)11-20-9-5-8-18-16(17)19-15-7-6-13(3)14(4)10-15/h6-7,10,12H,5,8-9,11H2,1-4H3,(H3,17,18,19). The molecule has 0 aromatic heterocycles. The number of aryl methyl sites for hydroxylation is 2. The fourth-order valence-electron chi connectivity index (χ4n) is 1.69. The van der Waals surface area contributed by atoms with Crippen LogP contribution in [0.2, 0.25) is 0 Å². The van der Waals surface area contributed by atoms with Crippen LogP contribution in [0.4, 0.5) is 5.69 Å². The van der Waals surface area contributed by atoms with E-state index in [0.717, 1.165) is 25.3 Å². The van der Waals surface area contributed by atoms with Crippen LogP contribution < -0.4 is 11.1 Å². The van der Waals surface area contributed by atoms with Gasteiger partial charge in [-0.15, -0.1) is 0 Å². The third-order valence-electron chi connectivity index (χ3n) is 2.96. The van der Waals surface area contributed by atoms with Gasteiger partial charge in [-0.2, -0.15) is 0 Å². The fraction of sp³-hybridized carbons (Fsp3) is 0.562. The van der Waals surface area contributed by atoms with E-state index in [2.05, 4.69) is 50.1 Å². The molecule has 0 amide bonds. The van der Waals surface area contributed by atoms with Gasteiger partial charge >= 0.3 is 0 Å². The number of hydrogen-bond donors (Lipinski definition) is 2. The predicted octanol–water partition coefficient (Wildman–Crippen LogP) is 3.09. The summed E-state index contributed by atoms with van der Waals surface area (Å²) < 4.78 is 5.49. The molecule has 1 aromatic carbocycles. The fourth-order valence-corrected chi connectivity index (χ4v) is 1.69. The van der Waals surface area contributed by atoms with E-state index < -0.39 is 0 Å². The molecule has 0 aliphatic rings. The van der Waals surface area contributed by atoms with E-state index in [0.29, 0.717) is 18.4 Å². The van der Waals surface area contributed by atoms with Crippen molar-refractivity contribution in [2.24, 2.45) is 16.6 Å². The first kappa shape index (κ1) is 16.5. The molecule has 0 aliphatic carbocycles. The number of nitrogens with zero attached hydrogens (tertiary/aromatic N) is 1. The Kier molecular flexibility index (Phi) is 7.09. The molecule has 0 heterocycles. The molecule has 0 saturated heterocycles. The van der Waals surface area contributed by atoms with Crippen LogP contribution in [0.3, 0.4) is 0 Å². The van der Waals surface area contributed by atoms with Crippen LogP contribution in [0.1, 0.15) is 31.4 Å². The van der Waals surface area contributed by atoms with Crippen LogP contribution in [-0.4, -0.2) is 25.7 Å². The van der Waals surface area contributed by atoms with Crippen molar-refractivity contribution >= 4 is 11.6 Å². The molecule has 20 heavy (non-hydrogen) atoms. The Morgan fingerprint density at radius 3 is 2.70 bits per heavy atom. The third-order valence-corrected chi connectivity index (χ3v) is 2.96. The van der Waals surface area contributed by atoms with E-state index in [4.69, 9.17) is 10.5 Å². The normalized spacial score (nSPS) is 11.9. The first-order chi connectivity index (χ1) is 9.49. The van der Waals surface area contributed by atoms with Gasteiger partial charge < -0.3 is 15.8 Å². The highest BCUT2D eigenvalue weighted by Gasteiger charge is 1.98. The average molecular weight is 277 g/mol. The lowest BCUT2D eigenvalue weighted by Gasteiger charge is -2.08. The second kappa shape index (κ2) is 8.59. The van der Waals surface area contributed by atoms with E-state index in [-0.39, 0.29) is 0 Å². The van der Waals surface area contributed by atoms with Crippen LogP contribution in [0, 0.1) is 19.8 Å². The highest BCUT2D eigenvalue weighted by atomic mass is 16.5. The van der Waals surface area contributed by atoms with Crippen molar-refractivity contribution in [1.82, 2.24) is 0 Å². The first-order valence-electron chi connectivity index (χ1n) is 7.21. The molecule has 0 unspecified atom stereocenters. The van der Waals surface area contributed by atoms with E-state index in [9.17, 15) is 0 Å². The lowest BCUT2D eigenvalue weighted by molar-refractivity contribution is 0.109. The zero-order chi connectivity index (χ0) is 15.0. The van der Waals surface area contributed by atoms with Crippen molar-refractivity contribution in [3.05, 3.63) is 29.3 Å². The number of rotatable bonds is 7. The van der Waals surface area contributed by atoms with Gasteiger partial charge in [-0.3, -0.25) is 4.99 Å². The molecule has 3 N–H and O–H groups in total. The zero-order valence-electron chi connectivity index (χ0n) is 13.1. The van der Waals surface area contributed by atoms with Gasteiger partial charge in [-0.05, 0) is 49.4 Å². The molecular formula is C16H27N3O. The van der Waals surface area contributed by atoms with Gasteiger partial charge in [0, 0.05) is 25.4 Å². The Bertz CT molecular complexity index is 441. The Labute approximate surface area is 122 Å². The van der Waals surface area contributed by atoms with Crippen molar-refractivity contribution < 1.29 is 4.74 Å². The van der Waals surface area contributed by atoms with Crippen molar-refractivity contribution in [3.8, 4) is 0 Å². The second-order valence-electron chi connectivity index (χ2n) is 5.51. The Hall–Kier alpha value is -1.55. The molecule has 0 fully saturated rings. The SMILES string of the molecule is Cc1ccc(NC(N)=NCCCOCC(C)C)cc1C. The van der Waals surface area contributed by atoms with Gasteiger partial charge in [0.25, 0.3) is 0 Å². The molecule has 4 heteroatoms. The minimum Gasteiger partial charge on any atom is -0.381 e. The summed E-state index contributed by atoms with van der Waals surface area (Å²) in [6.45, 7) is 10.7. The van der Waals surface area contributed by atoms with Gasteiger partial charge in [0.2, 0.25) is 0 Å². The van der Waals surface area contributed by atoms with Crippen LogP contribution in [0.15, 0.2) is 23.2 Å². The van der Waals surface area contributed by atoms with Crippen LogP contribution in [-0.2, 0) is 4.74 Å². The molecule has 0 aliphatic heterocycles. The van der Waals surface area contributed by atoms with Gasteiger partial charge in [0.15, 0.2) is 5.96 Å². The maximum absolute atomic E-state index is 5.85. The van der Waals surface area contributed by atoms with Crippen molar-refractivity contribution in [3.63, 3.8) is 0 Å². The van der Waals surface area contributed by atoms with E-state index >= 15 is 0 Å². The minimum atomic E-state index is 0.456. The highest BCUT2D eigenvalue weighted by Crippen LogP contribution is 2.13. The van der Waals surface area contributed by atoms with E-state index in [1.54, 1.807) is 0 Å². The van der Waals surface area contributed by atoms with Crippen molar-refractivity contribution in [1.29, 1.82) is 0 Å². The average Bonchev–Trinajstić information content (AvgIpc) is 2.38. The Morgan fingerprint density at radius 2 is 2.05 bits per heavy atom. The third kappa shape index (κ3) is 6.57. The number of hydrogen-bond acceptors (Lipinski definition) is 2. The largest absolute Gasteiger partial charge is 0.381 e. The summed E-state index contributed by atoms with van der Waals surface area (Å²) in [5.41, 5.74) is 9.34. The molecule has 0 bridgehead atoms. The monoisotopic (exact) mass is 277 g/mol. The van der Waals surface area contributed by atoms with Gasteiger partial charge in [-0.25, -0.2) is 0 Å². The van der Waals surface area contributed by atoms with Gasteiger partial charge in [-0.1, -0.05) is 19.9 Å². The summed E-state index contributed by atoms with van der Waals surface area (Å²) in [6, 6.07) is 6.16. The number of guanidine groups is 1. The summed E-state index contributed by atoms with van der Waals surface area (Å²) in [5, 5.41) is 3.11. The maximum atomic E-state index is 5.85. The van der Waals surface area contributed by atoms with Crippen molar-refractivity contribution in [2.45, 2.75) is 34.1 Å². The summed E-state index contributed by atoms with van der Waals surface area (Å²) in [5.74, 6) is 1.03. The smallest absolute Gasteiger partial charge is 0.193 e. The first-order valence-corrected chi connectivity index (χ1v) is 7.21. The maximum Gasteiger partial charge on any atom is 0.193 e. The molecule has 0 atom stereocenters. The van der Waals surface area contributed by atoms with Crippen LogP contribution in [0.5, 0.6) is 0 Å². The number of ether oxygens (including phenoxy) is 1. The Morgan fingerprint density at radius 1 is 1.30 bits per heavy atom. The number of nitrogens with two attached hydrogens (primary N) is 1. The van der Waals surface area contributed by atoms with Crippen LogP contribution >= 0.6 is 0 Å².